The molecule has 4 rings (SSSR count). The number of thioether (sulfide) groups is 1. The van der Waals surface area contributed by atoms with Crippen LogP contribution >= 0.6 is 24.2 Å². The molecule has 1 amide bonds. The number of amides is 1. The van der Waals surface area contributed by atoms with E-state index in [2.05, 4.69) is 20.3 Å². The number of benzene rings is 1. The first-order chi connectivity index (χ1) is 11.8. The molecule has 0 radical (unpaired) electrons. The normalized spacial score (nSPS) is 13.2. The van der Waals surface area contributed by atoms with Gasteiger partial charge in [0, 0.05) is 29.1 Å². The third-order valence-corrected chi connectivity index (χ3v) is 4.62. The minimum absolute atomic E-state index is 0. The van der Waals surface area contributed by atoms with E-state index in [0.717, 1.165) is 34.5 Å². The van der Waals surface area contributed by atoms with Crippen molar-refractivity contribution in [1.29, 1.82) is 0 Å². The van der Waals surface area contributed by atoms with Gasteiger partial charge < -0.3 is 5.32 Å². The number of rotatable bonds is 2. The van der Waals surface area contributed by atoms with Crippen LogP contribution in [0.3, 0.4) is 0 Å². The van der Waals surface area contributed by atoms with Crippen LogP contribution in [-0.2, 0) is 0 Å². The summed E-state index contributed by atoms with van der Waals surface area (Å²) in [5.41, 5.74) is 2.98. The Morgan fingerprint density at radius 3 is 2.80 bits per heavy atom. The first-order valence-electron chi connectivity index (χ1n) is 7.60. The fraction of sp³-hybridized carbons (Fsp3) is 0.111. The second-order valence-electron chi connectivity index (χ2n) is 5.30. The van der Waals surface area contributed by atoms with Gasteiger partial charge in [0.1, 0.15) is 0 Å². The number of aromatic nitrogens is 2. The average Bonchev–Trinajstić information content (AvgIpc) is 3.14. The second kappa shape index (κ2) is 7.63. The van der Waals surface area contributed by atoms with Gasteiger partial charge in [-0.15, -0.1) is 12.4 Å². The lowest BCUT2D eigenvalue weighted by Gasteiger charge is -2.10. The zero-order chi connectivity index (χ0) is 16.4. The molecule has 0 atom stereocenters. The van der Waals surface area contributed by atoms with Gasteiger partial charge in [-0.25, -0.2) is 4.98 Å². The highest BCUT2D eigenvalue weighted by Gasteiger charge is 2.17. The summed E-state index contributed by atoms with van der Waals surface area (Å²) in [5.74, 6) is 0.750. The molecule has 2 aromatic heterocycles. The molecule has 0 bridgehead atoms. The number of pyridine rings is 2. The van der Waals surface area contributed by atoms with E-state index in [-0.39, 0.29) is 18.3 Å². The highest BCUT2D eigenvalue weighted by molar-refractivity contribution is 8.14. The van der Waals surface area contributed by atoms with Crippen molar-refractivity contribution in [3.63, 3.8) is 0 Å². The van der Waals surface area contributed by atoms with E-state index in [1.807, 2.05) is 42.5 Å². The van der Waals surface area contributed by atoms with Gasteiger partial charge in [0.25, 0.3) is 5.91 Å². The number of nitrogens with zero attached hydrogens (tertiary/aromatic N) is 3. The molecule has 1 aliphatic rings. The molecule has 0 aliphatic carbocycles. The molecule has 0 saturated heterocycles. The smallest absolute Gasteiger partial charge is 0.257 e. The van der Waals surface area contributed by atoms with Gasteiger partial charge in [-0.2, -0.15) is 0 Å². The molecule has 3 heterocycles. The van der Waals surface area contributed by atoms with E-state index >= 15 is 0 Å². The maximum atomic E-state index is 12.7. The largest absolute Gasteiger partial charge is 0.301 e. The third-order valence-electron chi connectivity index (χ3n) is 3.72. The number of carbonyl (C=O) groups excluding carboxylic acids is 1. The minimum atomic E-state index is -0.160. The number of halogens is 1. The van der Waals surface area contributed by atoms with Crippen LogP contribution in [0.15, 0.2) is 59.9 Å². The molecule has 0 spiro atoms. The molecule has 126 valence electrons. The molecule has 0 saturated carbocycles. The van der Waals surface area contributed by atoms with Crippen LogP contribution in [0.25, 0.3) is 22.2 Å². The predicted octanol–water partition coefficient (Wildman–Crippen LogP) is 3.55. The molecule has 25 heavy (non-hydrogen) atoms. The van der Waals surface area contributed by atoms with Crippen molar-refractivity contribution in [1.82, 2.24) is 15.3 Å². The zero-order valence-electron chi connectivity index (χ0n) is 13.2. The van der Waals surface area contributed by atoms with E-state index in [1.165, 1.54) is 0 Å². The van der Waals surface area contributed by atoms with Gasteiger partial charge in [0.15, 0.2) is 5.17 Å². The van der Waals surface area contributed by atoms with Gasteiger partial charge in [-0.3, -0.25) is 14.8 Å². The molecule has 5 nitrogen and oxygen atoms in total. The number of aliphatic imine (C=N–C) groups is 1. The number of para-hydroxylation sites is 1. The Morgan fingerprint density at radius 1 is 1.16 bits per heavy atom. The van der Waals surface area contributed by atoms with Gasteiger partial charge >= 0.3 is 0 Å². The van der Waals surface area contributed by atoms with E-state index in [4.69, 9.17) is 0 Å². The van der Waals surface area contributed by atoms with Crippen molar-refractivity contribution in [3.05, 3.63) is 60.4 Å². The molecular formula is C18H15ClN4OS. The van der Waals surface area contributed by atoms with Crippen LogP contribution in [0, 0.1) is 0 Å². The van der Waals surface area contributed by atoms with E-state index in [9.17, 15) is 4.79 Å². The van der Waals surface area contributed by atoms with Crippen molar-refractivity contribution in [2.45, 2.75) is 0 Å². The summed E-state index contributed by atoms with van der Waals surface area (Å²) < 4.78 is 0. The SMILES string of the molecule is Cl.O=C(NC1=NCCS1)c1cc(-c2cccnc2)nc2ccccc12. The Balaban J connectivity index is 0.00000182. The van der Waals surface area contributed by atoms with Crippen LogP contribution in [0.4, 0.5) is 0 Å². The van der Waals surface area contributed by atoms with Crippen molar-refractivity contribution < 1.29 is 4.79 Å². The van der Waals surface area contributed by atoms with Crippen molar-refractivity contribution in [3.8, 4) is 11.3 Å². The first-order valence-corrected chi connectivity index (χ1v) is 8.58. The lowest BCUT2D eigenvalue weighted by molar-refractivity contribution is 0.0979. The van der Waals surface area contributed by atoms with E-state index in [0.29, 0.717) is 10.7 Å². The Labute approximate surface area is 155 Å². The Bertz CT molecular complexity index is 946. The minimum Gasteiger partial charge on any atom is -0.301 e. The summed E-state index contributed by atoms with van der Waals surface area (Å²) in [4.78, 5) is 25.8. The first kappa shape index (κ1) is 17.4. The standard InChI is InChI=1S/C18H14N4OS.ClH/c23-17(22-18-20-8-9-24-18)14-10-16(12-4-3-7-19-11-12)21-15-6-2-1-5-13(14)15;/h1-7,10-11H,8-9H2,(H,20,22,23);1H. The summed E-state index contributed by atoms with van der Waals surface area (Å²) in [7, 11) is 0. The van der Waals surface area contributed by atoms with Crippen molar-refractivity contribution >= 4 is 46.1 Å². The Morgan fingerprint density at radius 2 is 2.04 bits per heavy atom. The van der Waals surface area contributed by atoms with Gasteiger partial charge in [0.2, 0.25) is 0 Å². The summed E-state index contributed by atoms with van der Waals surface area (Å²) in [5, 5.41) is 4.41. The number of hydrogen-bond acceptors (Lipinski definition) is 5. The lowest BCUT2D eigenvalue weighted by atomic mass is 10.0. The maximum absolute atomic E-state index is 12.7. The lowest BCUT2D eigenvalue weighted by Crippen LogP contribution is -2.27. The Hall–Kier alpha value is -2.44. The quantitative estimate of drug-likeness (QED) is 0.749. The molecule has 1 aliphatic heterocycles. The van der Waals surface area contributed by atoms with Crippen LogP contribution < -0.4 is 5.32 Å². The van der Waals surface area contributed by atoms with Crippen LogP contribution in [0.2, 0.25) is 0 Å². The monoisotopic (exact) mass is 370 g/mol. The second-order valence-corrected chi connectivity index (χ2v) is 6.39. The van der Waals surface area contributed by atoms with Crippen LogP contribution in [0.1, 0.15) is 10.4 Å². The number of hydrogen-bond donors (Lipinski definition) is 1. The van der Waals surface area contributed by atoms with E-state index in [1.54, 1.807) is 24.2 Å². The average molecular weight is 371 g/mol. The summed E-state index contributed by atoms with van der Waals surface area (Å²) in [6.07, 6.45) is 3.46. The molecule has 7 heteroatoms. The molecule has 3 aromatic rings. The van der Waals surface area contributed by atoms with E-state index < -0.39 is 0 Å². The molecule has 1 aromatic carbocycles. The predicted molar refractivity (Wildman–Crippen MR) is 104 cm³/mol. The zero-order valence-corrected chi connectivity index (χ0v) is 14.8. The molecule has 0 unspecified atom stereocenters. The molecule has 0 fully saturated rings. The van der Waals surface area contributed by atoms with Crippen LogP contribution in [-0.4, -0.2) is 33.3 Å². The summed E-state index contributed by atoms with van der Waals surface area (Å²) >= 11 is 1.56. The number of fused-ring (bicyclic) bond motifs is 1. The van der Waals surface area contributed by atoms with Crippen molar-refractivity contribution in [2.24, 2.45) is 4.99 Å². The molecular weight excluding hydrogens is 356 g/mol. The van der Waals surface area contributed by atoms with Gasteiger partial charge in [-0.1, -0.05) is 30.0 Å². The third kappa shape index (κ3) is 3.65. The maximum Gasteiger partial charge on any atom is 0.257 e. The number of amidine groups is 1. The number of carbonyl (C=O) groups is 1. The van der Waals surface area contributed by atoms with Gasteiger partial charge in [-0.05, 0) is 24.3 Å². The highest BCUT2D eigenvalue weighted by Crippen LogP contribution is 2.24. The number of nitrogens with one attached hydrogen (secondary N) is 1. The fourth-order valence-corrected chi connectivity index (χ4v) is 3.32. The fourth-order valence-electron chi connectivity index (χ4n) is 2.60. The Kier molecular flexibility index (Phi) is 5.31. The molecule has 1 N–H and O–H groups in total. The topological polar surface area (TPSA) is 67.2 Å². The van der Waals surface area contributed by atoms with Gasteiger partial charge in [0.05, 0.1) is 23.3 Å². The van der Waals surface area contributed by atoms with Crippen molar-refractivity contribution in [2.75, 3.05) is 12.3 Å². The summed E-state index contributed by atoms with van der Waals surface area (Å²) in [6, 6.07) is 13.3. The van der Waals surface area contributed by atoms with Crippen LogP contribution in [0.5, 0.6) is 0 Å². The highest BCUT2D eigenvalue weighted by atomic mass is 35.5. The summed E-state index contributed by atoms with van der Waals surface area (Å²) in [6.45, 7) is 0.748.